The third-order valence-corrected chi connectivity index (χ3v) is 4.94. The van der Waals surface area contributed by atoms with Crippen molar-refractivity contribution in [3.63, 3.8) is 0 Å². The lowest BCUT2D eigenvalue weighted by atomic mass is 10.2. The van der Waals surface area contributed by atoms with Gasteiger partial charge in [-0.05, 0) is 24.3 Å². The molecule has 2 amide bonds. The number of amides is 2. The number of carbonyl (C=O) groups is 2. The van der Waals surface area contributed by atoms with Crippen LogP contribution < -0.4 is 15.1 Å². The first-order valence-electron chi connectivity index (χ1n) is 9.42. The number of furan rings is 1. The molecule has 0 bridgehead atoms. The average molecular weight is 387 g/mol. The van der Waals surface area contributed by atoms with Crippen LogP contribution in [0.5, 0.6) is 5.75 Å². The highest BCUT2D eigenvalue weighted by atomic mass is 16.3. The van der Waals surface area contributed by atoms with E-state index >= 15 is 0 Å². The molecule has 1 aromatic heterocycles. The van der Waals surface area contributed by atoms with E-state index in [4.69, 9.17) is 4.42 Å². The number of para-hydroxylation sites is 2. The van der Waals surface area contributed by atoms with Crippen molar-refractivity contribution in [3.8, 4) is 5.75 Å². The standard InChI is InChI=1S/C20H26N4O4/c1-22(14-19(26)21-13-16-5-4-12-28-16)20(27)15-23-8-10-24(11-9-23)17-6-2-3-7-18(17)25/h2-7,12,25H,8-11,13-15H2,1H3,(H,21,26)/p+1. The van der Waals surface area contributed by atoms with Gasteiger partial charge in [0.25, 0.3) is 5.91 Å². The molecule has 1 aliphatic heterocycles. The summed E-state index contributed by atoms with van der Waals surface area (Å²) in [7, 11) is 1.65. The van der Waals surface area contributed by atoms with Crippen molar-refractivity contribution in [1.29, 1.82) is 0 Å². The number of nitrogens with zero attached hydrogens (tertiary/aromatic N) is 2. The van der Waals surface area contributed by atoms with E-state index in [-0.39, 0.29) is 24.1 Å². The Hall–Kier alpha value is -3.00. The Bertz CT molecular complexity index is 785. The number of benzene rings is 1. The highest BCUT2D eigenvalue weighted by Crippen LogP contribution is 2.25. The van der Waals surface area contributed by atoms with E-state index in [1.165, 1.54) is 9.80 Å². The van der Waals surface area contributed by atoms with Crippen LogP contribution in [-0.4, -0.2) is 68.1 Å². The first-order chi connectivity index (χ1) is 13.5. The number of aromatic hydroxyl groups is 1. The van der Waals surface area contributed by atoms with Crippen molar-refractivity contribution in [2.45, 2.75) is 6.54 Å². The molecular weight excluding hydrogens is 360 g/mol. The summed E-state index contributed by atoms with van der Waals surface area (Å²) in [4.78, 5) is 29.2. The van der Waals surface area contributed by atoms with Gasteiger partial charge < -0.3 is 29.5 Å². The molecule has 28 heavy (non-hydrogen) atoms. The quantitative estimate of drug-likeness (QED) is 0.594. The highest BCUT2D eigenvalue weighted by Gasteiger charge is 2.25. The van der Waals surface area contributed by atoms with Gasteiger partial charge in [-0.2, -0.15) is 0 Å². The number of nitrogens with one attached hydrogen (secondary N) is 2. The van der Waals surface area contributed by atoms with Crippen molar-refractivity contribution >= 4 is 17.5 Å². The summed E-state index contributed by atoms with van der Waals surface area (Å²) < 4.78 is 5.17. The molecule has 3 N–H and O–H groups in total. The number of anilines is 1. The number of hydrogen-bond donors (Lipinski definition) is 3. The van der Waals surface area contributed by atoms with Gasteiger partial charge in [0.05, 0.1) is 51.2 Å². The van der Waals surface area contributed by atoms with Gasteiger partial charge in [-0.1, -0.05) is 12.1 Å². The van der Waals surface area contributed by atoms with Gasteiger partial charge in [0.15, 0.2) is 6.54 Å². The molecule has 150 valence electrons. The first-order valence-corrected chi connectivity index (χ1v) is 9.42. The summed E-state index contributed by atoms with van der Waals surface area (Å²) in [5, 5.41) is 12.7. The van der Waals surface area contributed by atoms with E-state index in [2.05, 4.69) is 10.2 Å². The molecule has 3 rings (SSSR count). The lowest BCUT2D eigenvalue weighted by Crippen LogP contribution is -3.15. The second kappa shape index (κ2) is 9.27. The number of likely N-dealkylation sites (N-methyl/N-ethyl adjacent to an activating group) is 1. The number of piperazine rings is 1. The Balaban J connectivity index is 1.40. The molecule has 1 aromatic carbocycles. The molecule has 0 spiro atoms. The fourth-order valence-corrected chi connectivity index (χ4v) is 3.28. The molecule has 0 radical (unpaired) electrons. The summed E-state index contributed by atoms with van der Waals surface area (Å²) in [5.74, 6) is 0.683. The maximum absolute atomic E-state index is 12.4. The second-order valence-corrected chi connectivity index (χ2v) is 7.01. The number of phenolic OH excluding ortho intramolecular Hbond substituents is 1. The summed E-state index contributed by atoms with van der Waals surface area (Å²) in [6.07, 6.45) is 1.55. The average Bonchev–Trinajstić information content (AvgIpc) is 3.21. The van der Waals surface area contributed by atoms with Crippen LogP contribution in [0, 0.1) is 0 Å². The minimum Gasteiger partial charge on any atom is -0.506 e. The van der Waals surface area contributed by atoms with Crippen LogP contribution in [0.25, 0.3) is 0 Å². The van der Waals surface area contributed by atoms with Crippen LogP contribution in [-0.2, 0) is 16.1 Å². The van der Waals surface area contributed by atoms with Crippen molar-refractivity contribution in [2.24, 2.45) is 0 Å². The molecule has 8 nitrogen and oxygen atoms in total. The van der Waals surface area contributed by atoms with E-state index in [9.17, 15) is 14.7 Å². The minimum absolute atomic E-state index is 0.0246. The highest BCUT2D eigenvalue weighted by molar-refractivity contribution is 5.84. The Morgan fingerprint density at radius 3 is 2.64 bits per heavy atom. The SMILES string of the molecule is CN(CC(=O)NCc1ccco1)C(=O)C[NH+]1CCN(c2ccccc2O)CC1. The van der Waals surface area contributed by atoms with Gasteiger partial charge in [-0.15, -0.1) is 0 Å². The monoisotopic (exact) mass is 387 g/mol. The molecule has 0 saturated carbocycles. The summed E-state index contributed by atoms with van der Waals surface area (Å²) in [6.45, 7) is 3.85. The molecule has 0 unspecified atom stereocenters. The largest absolute Gasteiger partial charge is 0.506 e. The third kappa shape index (κ3) is 5.26. The molecule has 1 fully saturated rings. The second-order valence-electron chi connectivity index (χ2n) is 7.01. The van der Waals surface area contributed by atoms with Gasteiger partial charge in [0.1, 0.15) is 11.5 Å². The van der Waals surface area contributed by atoms with Crippen LogP contribution in [0.2, 0.25) is 0 Å². The summed E-state index contributed by atoms with van der Waals surface area (Å²) >= 11 is 0. The molecule has 0 atom stereocenters. The summed E-state index contributed by atoms with van der Waals surface area (Å²) in [6, 6.07) is 10.8. The zero-order valence-electron chi connectivity index (χ0n) is 16.1. The number of hydrogen-bond acceptors (Lipinski definition) is 5. The zero-order valence-corrected chi connectivity index (χ0v) is 16.1. The third-order valence-electron chi connectivity index (χ3n) is 4.94. The van der Waals surface area contributed by atoms with E-state index in [0.29, 0.717) is 18.8 Å². The van der Waals surface area contributed by atoms with Crippen molar-refractivity contribution < 1.29 is 24.0 Å². The normalized spacial score (nSPS) is 14.7. The Morgan fingerprint density at radius 1 is 1.21 bits per heavy atom. The fourth-order valence-electron chi connectivity index (χ4n) is 3.28. The van der Waals surface area contributed by atoms with Crippen LogP contribution in [0.3, 0.4) is 0 Å². The lowest BCUT2D eigenvalue weighted by molar-refractivity contribution is -0.892. The topological polar surface area (TPSA) is 90.5 Å². The maximum Gasteiger partial charge on any atom is 0.277 e. The molecule has 0 aliphatic carbocycles. The van der Waals surface area contributed by atoms with E-state index in [1.807, 2.05) is 12.1 Å². The maximum atomic E-state index is 12.4. The molecule has 1 aliphatic rings. The van der Waals surface area contributed by atoms with E-state index in [0.717, 1.165) is 31.9 Å². The van der Waals surface area contributed by atoms with Gasteiger partial charge in [-0.25, -0.2) is 0 Å². The predicted octanol–water partition coefficient (Wildman–Crippen LogP) is -0.535. The van der Waals surface area contributed by atoms with E-state index < -0.39 is 0 Å². The van der Waals surface area contributed by atoms with Gasteiger partial charge in [-0.3, -0.25) is 9.59 Å². The Morgan fingerprint density at radius 2 is 1.96 bits per heavy atom. The Labute approximate surface area is 164 Å². The first kappa shape index (κ1) is 19.8. The van der Waals surface area contributed by atoms with Crippen molar-refractivity contribution in [3.05, 3.63) is 48.4 Å². The number of rotatable bonds is 7. The Kier molecular flexibility index (Phi) is 6.54. The molecule has 1 saturated heterocycles. The number of quaternary nitrogens is 1. The van der Waals surface area contributed by atoms with Crippen LogP contribution in [0.1, 0.15) is 5.76 Å². The fraction of sp³-hybridized carbons (Fsp3) is 0.400. The van der Waals surface area contributed by atoms with Gasteiger partial charge in [0, 0.05) is 7.05 Å². The van der Waals surface area contributed by atoms with Crippen molar-refractivity contribution in [1.82, 2.24) is 10.2 Å². The summed E-state index contributed by atoms with van der Waals surface area (Å²) in [5.41, 5.74) is 0.832. The predicted molar refractivity (Wildman–Crippen MR) is 104 cm³/mol. The van der Waals surface area contributed by atoms with E-state index in [1.54, 1.807) is 37.6 Å². The molecular formula is C20H27N4O4+. The smallest absolute Gasteiger partial charge is 0.277 e. The lowest BCUT2D eigenvalue weighted by Gasteiger charge is -2.34. The number of carbonyl (C=O) groups excluding carboxylic acids is 2. The minimum atomic E-state index is -0.216. The van der Waals surface area contributed by atoms with Gasteiger partial charge >= 0.3 is 0 Å². The van der Waals surface area contributed by atoms with Crippen LogP contribution >= 0.6 is 0 Å². The molecule has 2 aromatic rings. The zero-order chi connectivity index (χ0) is 19.9. The molecule has 8 heteroatoms. The number of phenols is 1. The van der Waals surface area contributed by atoms with Crippen molar-refractivity contribution in [2.75, 3.05) is 51.2 Å². The van der Waals surface area contributed by atoms with Gasteiger partial charge in [0.2, 0.25) is 5.91 Å². The van der Waals surface area contributed by atoms with Crippen LogP contribution in [0.4, 0.5) is 5.69 Å². The molecule has 2 heterocycles. The van der Waals surface area contributed by atoms with Crippen LogP contribution in [0.15, 0.2) is 47.1 Å².